The lowest BCUT2D eigenvalue weighted by Gasteiger charge is -2.07. The lowest BCUT2D eigenvalue weighted by Crippen LogP contribution is -2.24. The Morgan fingerprint density at radius 2 is 2.25 bits per heavy atom. The normalized spacial score (nSPS) is 10.1. The molecule has 0 unspecified atom stereocenters. The lowest BCUT2D eigenvalue weighted by atomic mass is 10.1. The number of rotatable bonds is 5. The van der Waals surface area contributed by atoms with E-state index in [9.17, 15) is 9.90 Å². The van der Waals surface area contributed by atoms with Crippen LogP contribution in [0.1, 0.15) is 22.3 Å². The van der Waals surface area contributed by atoms with Gasteiger partial charge < -0.3 is 10.4 Å². The maximum atomic E-state index is 11.7. The van der Waals surface area contributed by atoms with Crippen LogP contribution in [0, 0.1) is 6.92 Å². The molecule has 0 bridgehead atoms. The summed E-state index contributed by atoms with van der Waals surface area (Å²) in [6.07, 6.45) is 2.98. The van der Waals surface area contributed by atoms with Crippen molar-refractivity contribution < 1.29 is 9.90 Å². The van der Waals surface area contributed by atoms with Gasteiger partial charge in [0, 0.05) is 6.54 Å². The largest absolute Gasteiger partial charge is 0.507 e. The Balaban J connectivity index is 2.55. The highest BCUT2D eigenvalue weighted by atomic mass is 32.2. The fourth-order valence-corrected chi connectivity index (χ4v) is 1.78. The van der Waals surface area contributed by atoms with Crippen molar-refractivity contribution >= 4 is 17.7 Å². The van der Waals surface area contributed by atoms with Crippen LogP contribution in [0.25, 0.3) is 0 Å². The summed E-state index contributed by atoms with van der Waals surface area (Å²) in [6, 6.07) is 5.02. The summed E-state index contributed by atoms with van der Waals surface area (Å²) < 4.78 is 0. The minimum absolute atomic E-state index is 0.0352. The first kappa shape index (κ1) is 12.9. The van der Waals surface area contributed by atoms with Gasteiger partial charge in [-0.2, -0.15) is 11.8 Å². The molecule has 0 atom stereocenters. The molecule has 0 heterocycles. The average Bonchev–Trinajstić information content (AvgIpc) is 2.27. The molecule has 1 amide bonds. The maximum absolute atomic E-state index is 11.7. The first-order chi connectivity index (χ1) is 7.65. The van der Waals surface area contributed by atoms with Gasteiger partial charge in [-0.15, -0.1) is 0 Å². The summed E-state index contributed by atoms with van der Waals surface area (Å²) in [6.45, 7) is 2.54. The maximum Gasteiger partial charge on any atom is 0.255 e. The van der Waals surface area contributed by atoms with Crippen molar-refractivity contribution in [3.8, 4) is 5.75 Å². The number of carbonyl (C=O) groups is 1. The van der Waals surface area contributed by atoms with E-state index in [1.807, 2.05) is 13.2 Å². The van der Waals surface area contributed by atoms with Crippen molar-refractivity contribution in [2.45, 2.75) is 13.3 Å². The van der Waals surface area contributed by atoms with Crippen LogP contribution in [0.4, 0.5) is 0 Å². The molecule has 16 heavy (non-hydrogen) atoms. The number of amides is 1. The SMILES string of the molecule is CSCCCNC(=O)c1cc(C)ccc1O. The van der Waals surface area contributed by atoms with Gasteiger partial charge in [-0.25, -0.2) is 0 Å². The number of aromatic hydroxyl groups is 1. The van der Waals surface area contributed by atoms with Crippen LogP contribution in [0.5, 0.6) is 5.75 Å². The summed E-state index contributed by atoms with van der Waals surface area (Å²) in [7, 11) is 0. The molecule has 0 aliphatic carbocycles. The molecule has 0 fully saturated rings. The number of nitrogens with one attached hydrogen (secondary N) is 1. The van der Waals surface area contributed by atoms with E-state index >= 15 is 0 Å². The number of hydrogen-bond donors (Lipinski definition) is 2. The van der Waals surface area contributed by atoms with E-state index in [0.717, 1.165) is 17.7 Å². The Labute approximate surface area is 100 Å². The van der Waals surface area contributed by atoms with Crippen LogP contribution in [0.2, 0.25) is 0 Å². The van der Waals surface area contributed by atoms with E-state index in [2.05, 4.69) is 5.32 Å². The lowest BCUT2D eigenvalue weighted by molar-refractivity contribution is 0.0951. The molecule has 0 aromatic heterocycles. The zero-order valence-electron chi connectivity index (χ0n) is 9.62. The Bertz CT molecular complexity index is 366. The Morgan fingerprint density at radius 3 is 2.94 bits per heavy atom. The minimum Gasteiger partial charge on any atom is -0.507 e. The summed E-state index contributed by atoms with van der Waals surface area (Å²) in [5.41, 5.74) is 1.32. The third-order valence-corrected chi connectivity index (χ3v) is 2.90. The first-order valence-electron chi connectivity index (χ1n) is 5.22. The van der Waals surface area contributed by atoms with Crippen LogP contribution in [-0.4, -0.2) is 29.6 Å². The molecular formula is C12H17NO2S. The van der Waals surface area contributed by atoms with Gasteiger partial charge in [-0.05, 0) is 37.5 Å². The molecule has 4 heteroatoms. The van der Waals surface area contributed by atoms with Gasteiger partial charge in [0.25, 0.3) is 5.91 Å². The molecule has 0 aliphatic rings. The van der Waals surface area contributed by atoms with Crippen LogP contribution in [0.15, 0.2) is 18.2 Å². The van der Waals surface area contributed by atoms with E-state index in [0.29, 0.717) is 12.1 Å². The topological polar surface area (TPSA) is 49.3 Å². The predicted molar refractivity (Wildman–Crippen MR) is 68.2 cm³/mol. The number of phenols is 1. The van der Waals surface area contributed by atoms with Crippen molar-refractivity contribution in [3.05, 3.63) is 29.3 Å². The second-order valence-corrected chi connectivity index (χ2v) is 4.61. The summed E-state index contributed by atoms with van der Waals surface area (Å²) >= 11 is 1.75. The number of phenolic OH excluding ortho intramolecular Hbond substituents is 1. The molecule has 1 aromatic carbocycles. The van der Waals surface area contributed by atoms with Crippen molar-refractivity contribution in [3.63, 3.8) is 0 Å². The molecular weight excluding hydrogens is 222 g/mol. The molecule has 3 nitrogen and oxygen atoms in total. The van der Waals surface area contributed by atoms with Crippen molar-refractivity contribution in [2.24, 2.45) is 0 Å². The molecule has 0 aliphatic heterocycles. The van der Waals surface area contributed by atoms with Crippen molar-refractivity contribution in [1.82, 2.24) is 5.32 Å². The van der Waals surface area contributed by atoms with E-state index in [1.165, 1.54) is 0 Å². The van der Waals surface area contributed by atoms with Gasteiger partial charge in [0.15, 0.2) is 0 Å². The molecule has 0 spiro atoms. The zero-order chi connectivity index (χ0) is 12.0. The van der Waals surface area contributed by atoms with Gasteiger partial charge in [-0.1, -0.05) is 11.6 Å². The van der Waals surface area contributed by atoms with Crippen molar-refractivity contribution in [1.29, 1.82) is 0 Å². The summed E-state index contributed by atoms with van der Waals surface area (Å²) in [5, 5.41) is 12.3. The summed E-state index contributed by atoms with van der Waals surface area (Å²) in [5.74, 6) is 0.857. The van der Waals surface area contributed by atoms with Gasteiger partial charge >= 0.3 is 0 Å². The second kappa shape index (κ2) is 6.43. The van der Waals surface area contributed by atoms with Gasteiger partial charge in [-0.3, -0.25) is 4.79 Å². The third kappa shape index (κ3) is 3.77. The highest BCUT2D eigenvalue weighted by Gasteiger charge is 2.09. The van der Waals surface area contributed by atoms with Crippen LogP contribution < -0.4 is 5.32 Å². The second-order valence-electron chi connectivity index (χ2n) is 3.62. The van der Waals surface area contributed by atoms with E-state index in [1.54, 1.807) is 30.0 Å². The van der Waals surface area contributed by atoms with E-state index < -0.39 is 0 Å². The van der Waals surface area contributed by atoms with Crippen LogP contribution >= 0.6 is 11.8 Å². The third-order valence-electron chi connectivity index (χ3n) is 2.21. The fourth-order valence-electron chi connectivity index (χ4n) is 1.35. The molecule has 0 saturated carbocycles. The van der Waals surface area contributed by atoms with Crippen LogP contribution in [0.3, 0.4) is 0 Å². The Hall–Kier alpha value is -1.16. The number of aryl methyl sites for hydroxylation is 1. The molecule has 1 aromatic rings. The molecule has 0 saturated heterocycles. The fraction of sp³-hybridized carbons (Fsp3) is 0.417. The Kier molecular flexibility index (Phi) is 5.19. The molecule has 1 rings (SSSR count). The van der Waals surface area contributed by atoms with Gasteiger partial charge in [0.1, 0.15) is 5.75 Å². The standard InChI is InChI=1S/C12H17NO2S/c1-9-4-5-11(14)10(8-9)12(15)13-6-3-7-16-2/h4-5,8,14H,3,6-7H2,1-2H3,(H,13,15). The quantitative estimate of drug-likeness (QED) is 0.774. The van der Waals surface area contributed by atoms with E-state index in [-0.39, 0.29) is 11.7 Å². The van der Waals surface area contributed by atoms with Crippen LogP contribution in [-0.2, 0) is 0 Å². The van der Waals surface area contributed by atoms with E-state index in [4.69, 9.17) is 0 Å². The number of hydrogen-bond acceptors (Lipinski definition) is 3. The highest BCUT2D eigenvalue weighted by Crippen LogP contribution is 2.17. The zero-order valence-corrected chi connectivity index (χ0v) is 10.4. The molecule has 0 radical (unpaired) electrons. The highest BCUT2D eigenvalue weighted by molar-refractivity contribution is 7.98. The minimum atomic E-state index is -0.206. The van der Waals surface area contributed by atoms with Gasteiger partial charge in [0.2, 0.25) is 0 Å². The Morgan fingerprint density at radius 1 is 1.50 bits per heavy atom. The predicted octanol–water partition coefficient (Wildman–Crippen LogP) is 2.18. The average molecular weight is 239 g/mol. The smallest absolute Gasteiger partial charge is 0.255 e. The number of carbonyl (C=O) groups excluding carboxylic acids is 1. The van der Waals surface area contributed by atoms with Crippen molar-refractivity contribution in [2.75, 3.05) is 18.6 Å². The number of benzene rings is 1. The molecule has 88 valence electrons. The number of thioether (sulfide) groups is 1. The van der Waals surface area contributed by atoms with Gasteiger partial charge in [0.05, 0.1) is 5.56 Å². The summed E-state index contributed by atoms with van der Waals surface area (Å²) in [4.78, 5) is 11.7. The first-order valence-corrected chi connectivity index (χ1v) is 6.61. The monoisotopic (exact) mass is 239 g/mol. The molecule has 2 N–H and O–H groups in total.